The number of hydrogen-bond donors (Lipinski definition) is 2. The van der Waals surface area contributed by atoms with Crippen LogP contribution in [0, 0.1) is 0 Å². The third-order valence-corrected chi connectivity index (χ3v) is 3.08. The highest BCUT2D eigenvalue weighted by molar-refractivity contribution is 5.77. The quantitative estimate of drug-likeness (QED) is 0.228. The molecular formula is C11H19N5O3. The van der Waals surface area contributed by atoms with Crippen LogP contribution in [0.3, 0.4) is 0 Å². The summed E-state index contributed by atoms with van der Waals surface area (Å²) in [6.07, 6.45) is 3.80. The fourth-order valence-electron chi connectivity index (χ4n) is 2.06. The first kappa shape index (κ1) is 15.1. The van der Waals surface area contributed by atoms with Crippen LogP contribution in [-0.4, -0.2) is 37.7 Å². The molecule has 1 aliphatic heterocycles. The van der Waals surface area contributed by atoms with Gasteiger partial charge in [-0.15, -0.1) is 0 Å². The van der Waals surface area contributed by atoms with E-state index in [0.29, 0.717) is 6.42 Å². The summed E-state index contributed by atoms with van der Waals surface area (Å²) in [6.45, 7) is 0.252. The molecule has 0 aromatic carbocycles. The summed E-state index contributed by atoms with van der Waals surface area (Å²) in [5, 5.41) is 9.00. The van der Waals surface area contributed by atoms with Gasteiger partial charge in [0.1, 0.15) is 0 Å². The Morgan fingerprint density at radius 1 is 1.37 bits per heavy atom. The molecule has 0 spiro atoms. The Hall–Kier alpha value is -1.95. The Morgan fingerprint density at radius 2 is 2.11 bits per heavy atom. The van der Waals surface area contributed by atoms with Gasteiger partial charge in [-0.3, -0.25) is 4.79 Å². The smallest absolute Gasteiger partial charge is 0.315 e. The number of rotatable bonds is 8. The molecule has 1 heterocycles. The summed E-state index contributed by atoms with van der Waals surface area (Å²) in [5.74, 6) is -0.197. The number of esters is 1. The van der Waals surface area contributed by atoms with Crippen LogP contribution in [0.4, 0.5) is 4.79 Å². The Balaban J connectivity index is 2.21. The SMILES string of the molecule is COC(=O)CCCCC[C@H]1NC(=O)N[C@H]1CN=[N+]=[N-]. The molecule has 0 unspecified atom stereocenters. The molecule has 0 aromatic heterocycles. The molecule has 0 radical (unpaired) electrons. The number of carbonyl (C=O) groups is 2. The molecule has 8 nitrogen and oxygen atoms in total. The van der Waals surface area contributed by atoms with E-state index < -0.39 is 0 Å². The lowest BCUT2D eigenvalue weighted by Crippen LogP contribution is -2.35. The highest BCUT2D eigenvalue weighted by Crippen LogP contribution is 2.12. The Kier molecular flexibility index (Phi) is 6.52. The molecule has 2 amide bonds. The first-order valence-electron chi connectivity index (χ1n) is 6.32. The van der Waals surface area contributed by atoms with Crippen LogP contribution < -0.4 is 10.6 Å². The molecule has 19 heavy (non-hydrogen) atoms. The predicted octanol–water partition coefficient (Wildman–Crippen LogP) is 1.47. The number of azide groups is 1. The number of carbonyl (C=O) groups excluding carboxylic acids is 2. The Bertz CT molecular complexity index is 367. The number of unbranched alkanes of at least 4 members (excludes halogenated alkanes) is 2. The largest absolute Gasteiger partial charge is 0.469 e. The zero-order chi connectivity index (χ0) is 14.1. The monoisotopic (exact) mass is 269 g/mol. The average Bonchev–Trinajstić information content (AvgIpc) is 2.76. The second-order valence-electron chi connectivity index (χ2n) is 4.42. The lowest BCUT2D eigenvalue weighted by molar-refractivity contribution is -0.140. The van der Waals surface area contributed by atoms with Crippen molar-refractivity contribution in [1.29, 1.82) is 0 Å². The van der Waals surface area contributed by atoms with Gasteiger partial charge in [0, 0.05) is 17.9 Å². The summed E-state index contributed by atoms with van der Waals surface area (Å²) in [4.78, 5) is 24.8. The topological polar surface area (TPSA) is 116 Å². The second kappa shape index (κ2) is 8.20. The summed E-state index contributed by atoms with van der Waals surface area (Å²) in [7, 11) is 1.38. The summed E-state index contributed by atoms with van der Waals surface area (Å²) in [6, 6.07) is -0.391. The van der Waals surface area contributed by atoms with Crippen LogP contribution in [0.1, 0.15) is 32.1 Å². The average molecular weight is 269 g/mol. The minimum atomic E-state index is -0.224. The highest BCUT2D eigenvalue weighted by Gasteiger charge is 2.30. The minimum absolute atomic E-state index is 0.0175. The van der Waals surface area contributed by atoms with Gasteiger partial charge in [-0.05, 0) is 18.4 Å². The zero-order valence-corrected chi connectivity index (χ0v) is 11.0. The van der Waals surface area contributed by atoms with Crippen molar-refractivity contribution in [2.75, 3.05) is 13.7 Å². The third-order valence-electron chi connectivity index (χ3n) is 3.08. The van der Waals surface area contributed by atoms with Crippen molar-refractivity contribution in [2.45, 2.75) is 44.2 Å². The lowest BCUT2D eigenvalue weighted by atomic mass is 10.0. The second-order valence-corrected chi connectivity index (χ2v) is 4.42. The Labute approximate surface area is 111 Å². The van der Waals surface area contributed by atoms with E-state index in [-0.39, 0.29) is 30.6 Å². The Morgan fingerprint density at radius 3 is 2.79 bits per heavy atom. The van der Waals surface area contributed by atoms with Gasteiger partial charge in [0.2, 0.25) is 0 Å². The molecule has 0 bridgehead atoms. The molecule has 106 valence electrons. The number of methoxy groups -OCH3 is 1. The van der Waals surface area contributed by atoms with Gasteiger partial charge in [0.25, 0.3) is 0 Å². The van der Waals surface area contributed by atoms with Crippen LogP contribution >= 0.6 is 0 Å². The molecule has 2 N–H and O–H groups in total. The van der Waals surface area contributed by atoms with E-state index in [1.807, 2.05) is 0 Å². The van der Waals surface area contributed by atoms with Crippen LogP contribution in [0.25, 0.3) is 10.4 Å². The van der Waals surface area contributed by atoms with Crippen LogP contribution in [0.2, 0.25) is 0 Å². The van der Waals surface area contributed by atoms with E-state index in [1.54, 1.807) is 0 Å². The number of nitrogens with one attached hydrogen (secondary N) is 2. The van der Waals surface area contributed by atoms with Gasteiger partial charge in [-0.2, -0.15) is 0 Å². The van der Waals surface area contributed by atoms with Crippen molar-refractivity contribution in [2.24, 2.45) is 5.11 Å². The number of hydrogen-bond acceptors (Lipinski definition) is 4. The molecule has 1 saturated heterocycles. The molecule has 2 atom stereocenters. The molecule has 1 fully saturated rings. The molecule has 0 aromatic rings. The first-order valence-corrected chi connectivity index (χ1v) is 6.32. The van der Waals surface area contributed by atoms with Gasteiger partial charge in [-0.1, -0.05) is 18.0 Å². The van der Waals surface area contributed by atoms with Gasteiger partial charge >= 0.3 is 12.0 Å². The molecule has 1 rings (SSSR count). The van der Waals surface area contributed by atoms with Crippen molar-refractivity contribution in [3.63, 3.8) is 0 Å². The molecule has 1 aliphatic rings. The van der Waals surface area contributed by atoms with Crippen LogP contribution in [0.15, 0.2) is 5.11 Å². The summed E-state index contributed by atoms with van der Waals surface area (Å²) >= 11 is 0. The number of ether oxygens (including phenoxy) is 1. The standard InChI is InChI=1S/C11H19N5O3/c1-19-10(17)6-4-2-3-5-8-9(7-13-16-12)15-11(18)14-8/h8-9H,2-7H2,1H3,(H2,14,15,18)/t8-,9+/m1/s1. The van der Waals surface area contributed by atoms with Crippen LogP contribution in [0.5, 0.6) is 0 Å². The third kappa shape index (κ3) is 5.48. The van der Waals surface area contributed by atoms with Crippen molar-refractivity contribution >= 4 is 12.0 Å². The van der Waals surface area contributed by atoms with E-state index in [1.165, 1.54) is 7.11 Å². The summed E-state index contributed by atoms with van der Waals surface area (Å²) < 4.78 is 4.55. The normalized spacial score (nSPS) is 21.2. The maximum Gasteiger partial charge on any atom is 0.315 e. The maximum atomic E-state index is 11.2. The minimum Gasteiger partial charge on any atom is -0.469 e. The van der Waals surface area contributed by atoms with E-state index in [4.69, 9.17) is 5.53 Å². The van der Waals surface area contributed by atoms with E-state index in [0.717, 1.165) is 25.7 Å². The van der Waals surface area contributed by atoms with Crippen molar-refractivity contribution in [1.82, 2.24) is 10.6 Å². The van der Waals surface area contributed by atoms with Crippen molar-refractivity contribution in [3.8, 4) is 0 Å². The van der Waals surface area contributed by atoms with Gasteiger partial charge in [0.05, 0.1) is 19.2 Å². The van der Waals surface area contributed by atoms with E-state index in [2.05, 4.69) is 25.4 Å². The number of amides is 2. The molecule has 8 heteroatoms. The van der Waals surface area contributed by atoms with Gasteiger partial charge < -0.3 is 15.4 Å². The fourth-order valence-corrected chi connectivity index (χ4v) is 2.06. The summed E-state index contributed by atoms with van der Waals surface area (Å²) in [5.41, 5.74) is 8.28. The van der Waals surface area contributed by atoms with Crippen molar-refractivity contribution in [3.05, 3.63) is 10.4 Å². The van der Waals surface area contributed by atoms with Crippen molar-refractivity contribution < 1.29 is 14.3 Å². The molecular weight excluding hydrogens is 250 g/mol. The first-order chi connectivity index (χ1) is 9.17. The predicted molar refractivity (Wildman–Crippen MR) is 68.4 cm³/mol. The number of urea groups is 1. The number of nitrogens with zero attached hydrogens (tertiary/aromatic N) is 3. The van der Waals surface area contributed by atoms with Gasteiger partial charge in [0.15, 0.2) is 0 Å². The fraction of sp³-hybridized carbons (Fsp3) is 0.818. The van der Waals surface area contributed by atoms with E-state index in [9.17, 15) is 9.59 Å². The molecule has 0 saturated carbocycles. The highest BCUT2D eigenvalue weighted by atomic mass is 16.5. The molecule has 0 aliphatic carbocycles. The lowest BCUT2D eigenvalue weighted by Gasteiger charge is -2.15. The van der Waals surface area contributed by atoms with Crippen LogP contribution in [-0.2, 0) is 9.53 Å². The van der Waals surface area contributed by atoms with E-state index >= 15 is 0 Å². The maximum absolute atomic E-state index is 11.2. The zero-order valence-electron chi connectivity index (χ0n) is 11.0. The van der Waals surface area contributed by atoms with Gasteiger partial charge in [-0.25, -0.2) is 4.79 Å².